The Morgan fingerprint density at radius 1 is 1.09 bits per heavy atom. The fraction of sp³-hybridized carbons (Fsp3) is 0.0588. The molecular formula is C17H10BrNO3. The van der Waals surface area contributed by atoms with Crippen molar-refractivity contribution in [2.75, 3.05) is 6.79 Å². The Hall–Kier alpha value is -2.40. The number of hydrogen-bond donors (Lipinski definition) is 0. The molecule has 0 spiro atoms. The summed E-state index contributed by atoms with van der Waals surface area (Å²) in [7, 11) is 0. The molecule has 0 fully saturated rings. The highest BCUT2D eigenvalue weighted by Crippen LogP contribution is 2.37. The number of pyridine rings is 1. The van der Waals surface area contributed by atoms with Crippen LogP contribution in [0.1, 0.15) is 16.1 Å². The molecule has 4 rings (SSSR count). The molecule has 0 saturated carbocycles. The Morgan fingerprint density at radius 3 is 2.68 bits per heavy atom. The van der Waals surface area contributed by atoms with Gasteiger partial charge >= 0.3 is 0 Å². The first-order valence-electron chi connectivity index (χ1n) is 6.71. The van der Waals surface area contributed by atoms with E-state index in [9.17, 15) is 4.79 Å². The van der Waals surface area contributed by atoms with Crippen molar-refractivity contribution in [3.63, 3.8) is 0 Å². The van der Waals surface area contributed by atoms with Crippen molar-refractivity contribution < 1.29 is 14.3 Å². The van der Waals surface area contributed by atoms with E-state index in [-0.39, 0.29) is 12.6 Å². The molecule has 2 aromatic carbocycles. The summed E-state index contributed by atoms with van der Waals surface area (Å²) in [5.74, 6) is 1.21. The van der Waals surface area contributed by atoms with E-state index in [4.69, 9.17) is 9.47 Å². The second-order valence-corrected chi connectivity index (χ2v) is 5.75. The van der Waals surface area contributed by atoms with Crippen LogP contribution in [0, 0.1) is 0 Å². The number of carbonyl (C=O) groups is 1. The number of nitrogens with zero attached hydrogens (tertiary/aromatic N) is 1. The molecular weight excluding hydrogens is 346 g/mol. The lowest BCUT2D eigenvalue weighted by atomic mass is 10.0. The Labute approximate surface area is 134 Å². The van der Waals surface area contributed by atoms with Crippen LogP contribution in [0.25, 0.3) is 10.8 Å². The van der Waals surface area contributed by atoms with Gasteiger partial charge in [-0.2, -0.15) is 0 Å². The quantitative estimate of drug-likeness (QED) is 0.653. The van der Waals surface area contributed by atoms with E-state index in [1.54, 1.807) is 12.3 Å². The molecule has 1 aliphatic rings. The molecule has 0 atom stereocenters. The van der Waals surface area contributed by atoms with Crippen molar-refractivity contribution in [1.82, 2.24) is 4.98 Å². The third-order valence-corrected chi connectivity index (χ3v) is 4.28. The molecule has 0 bridgehead atoms. The van der Waals surface area contributed by atoms with Gasteiger partial charge in [0.2, 0.25) is 12.6 Å². The van der Waals surface area contributed by atoms with Crippen LogP contribution in [0.4, 0.5) is 0 Å². The van der Waals surface area contributed by atoms with Gasteiger partial charge in [0.1, 0.15) is 5.69 Å². The van der Waals surface area contributed by atoms with Crippen LogP contribution in [-0.4, -0.2) is 17.6 Å². The highest BCUT2D eigenvalue weighted by atomic mass is 79.9. The van der Waals surface area contributed by atoms with Gasteiger partial charge in [-0.15, -0.1) is 0 Å². The third-order valence-electron chi connectivity index (χ3n) is 3.59. The van der Waals surface area contributed by atoms with Gasteiger partial charge in [0.25, 0.3) is 0 Å². The largest absolute Gasteiger partial charge is 0.454 e. The number of carbonyl (C=O) groups excluding carboxylic acids is 1. The fourth-order valence-corrected chi connectivity index (χ4v) is 2.98. The number of fused-ring (bicyclic) bond motifs is 2. The number of aromatic nitrogens is 1. The van der Waals surface area contributed by atoms with Crippen molar-refractivity contribution in [2.45, 2.75) is 0 Å². The predicted molar refractivity (Wildman–Crippen MR) is 85.4 cm³/mol. The van der Waals surface area contributed by atoms with Crippen LogP contribution in [0.3, 0.4) is 0 Å². The molecule has 0 unspecified atom stereocenters. The maximum Gasteiger partial charge on any atom is 0.231 e. The van der Waals surface area contributed by atoms with Crippen molar-refractivity contribution in [3.05, 3.63) is 64.4 Å². The Balaban J connectivity index is 1.92. The zero-order valence-corrected chi connectivity index (χ0v) is 13.0. The second-order valence-electron chi connectivity index (χ2n) is 4.90. The zero-order valence-electron chi connectivity index (χ0n) is 11.4. The van der Waals surface area contributed by atoms with Gasteiger partial charge in [-0.25, -0.2) is 0 Å². The predicted octanol–water partition coefficient (Wildman–Crippen LogP) is 3.96. The van der Waals surface area contributed by atoms with E-state index in [0.717, 1.165) is 15.2 Å². The summed E-state index contributed by atoms with van der Waals surface area (Å²) in [6.07, 6.45) is 1.63. The van der Waals surface area contributed by atoms with E-state index in [1.807, 2.05) is 36.4 Å². The van der Waals surface area contributed by atoms with Crippen molar-refractivity contribution >= 4 is 32.5 Å². The van der Waals surface area contributed by atoms with Gasteiger partial charge in [0.15, 0.2) is 11.5 Å². The summed E-state index contributed by atoms with van der Waals surface area (Å²) in [6, 6.07) is 12.9. The SMILES string of the molecule is O=C(c1ccccc1Br)c1nccc2cc3c(cc12)OCO3. The summed E-state index contributed by atoms with van der Waals surface area (Å²) >= 11 is 3.41. The number of benzene rings is 2. The van der Waals surface area contributed by atoms with E-state index in [0.29, 0.717) is 22.8 Å². The molecule has 1 aliphatic heterocycles. The average molecular weight is 356 g/mol. The van der Waals surface area contributed by atoms with E-state index in [2.05, 4.69) is 20.9 Å². The molecule has 4 nitrogen and oxygen atoms in total. The second kappa shape index (κ2) is 5.10. The molecule has 3 aromatic rings. The Kier molecular flexibility index (Phi) is 3.08. The maximum absolute atomic E-state index is 12.8. The highest BCUT2D eigenvalue weighted by Gasteiger charge is 2.20. The van der Waals surface area contributed by atoms with Gasteiger partial charge in [0, 0.05) is 21.6 Å². The highest BCUT2D eigenvalue weighted by molar-refractivity contribution is 9.10. The third kappa shape index (κ3) is 2.05. The van der Waals surface area contributed by atoms with Gasteiger partial charge < -0.3 is 9.47 Å². The Bertz CT molecular complexity index is 908. The molecule has 2 heterocycles. The van der Waals surface area contributed by atoms with Crippen LogP contribution >= 0.6 is 15.9 Å². The maximum atomic E-state index is 12.8. The minimum absolute atomic E-state index is 0.128. The average Bonchev–Trinajstić information content (AvgIpc) is 2.99. The lowest BCUT2D eigenvalue weighted by molar-refractivity contribution is 0.103. The number of hydrogen-bond acceptors (Lipinski definition) is 4. The standard InChI is InChI=1S/C17H10BrNO3/c18-13-4-2-1-3-11(13)17(20)16-12-8-15-14(21-9-22-15)7-10(12)5-6-19-16/h1-8H,9H2. The molecule has 0 aliphatic carbocycles. The zero-order chi connectivity index (χ0) is 15.1. The first-order valence-corrected chi connectivity index (χ1v) is 7.51. The summed E-state index contributed by atoms with van der Waals surface area (Å²) in [5.41, 5.74) is 0.989. The number of ether oxygens (including phenoxy) is 2. The Morgan fingerprint density at radius 2 is 1.86 bits per heavy atom. The molecule has 22 heavy (non-hydrogen) atoms. The summed E-state index contributed by atoms with van der Waals surface area (Å²) in [6.45, 7) is 0.201. The summed E-state index contributed by atoms with van der Waals surface area (Å²) in [5, 5.41) is 1.65. The van der Waals surface area contributed by atoms with Crippen molar-refractivity contribution in [2.24, 2.45) is 0 Å². The topological polar surface area (TPSA) is 48.4 Å². The summed E-state index contributed by atoms with van der Waals surface area (Å²) in [4.78, 5) is 17.1. The van der Waals surface area contributed by atoms with Gasteiger partial charge in [-0.05, 0) is 35.7 Å². The summed E-state index contributed by atoms with van der Waals surface area (Å²) < 4.78 is 11.5. The number of halogens is 1. The van der Waals surface area contributed by atoms with Crippen LogP contribution < -0.4 is 9.47 Å². The van der Waals surface area contributed by atoms with Crippen LogP contribution in [-0.2, 0) is 0 Å². The van der Waals surface area contributed by atoms with E-state index in [1.165, 1.54) is 0 Å². The van der Waals surface area contributed by atoms with Crippen molar-refractivity contribution in [1.29, 1.82) is 0 Å². The van der Waals surface area contributed by atoms with Crippen LogP contribution in [0.15, 0.2) is 53.1 Å². The minimum Gasteiger partial charge on any atom is -0.454 e. The fourth-order valence-electron chi connectivity index (χ4n) is 2.52. The van der Waals surface area contributed by atoms with E-state index < -0.39 is 0 Å². The monoisotopic (exact) mass is 355 g/mol. The minimum atomic E-state index is -0.128. The van der Waals surface area contributed by atoms with Gasteiger partial charge in [-0.3, -0.25) is 9.78 Å². The molecule has 0 radical (unpaired) electrons. The number of ketones is 1. The first-order chi connectivity index (χ1) is 10.7. The van der Waals surface area contributed by atoms with Crippen molar-refractivity contribution in [3.8, 4) is 11.5 Å². The van der Waals surface area contributed by atoms with Crippen LogP contribution in [0.5, 0.6) is 11.5 Å². The lowest BCUT2D eigenvalue weighted by Gasteiger charge is -2.07. The molecule has 5 heteroatoms. The molecule has 0 N–H and O–H groups in total. The van der Waals surface area contributed by atoms with Crippen LogP contribution in [0.2, 0.25) is 0 Å². The molecule has 0 saturated heterocycles. The smallest absolute Gasteiger partial charge is 0.231 e. The van der Waals surface area contributed by atoms with Gasteiger partial charge in [-0.1, -0.05) is 28.1 Å². The van der Waals surface area contributed by atoms with Gasteiger partial charge in [0.05, 0.1) is 0 Å². The number of rotatable bonds is 2. The lowest BCUT2D eigenvalue weighted by Crippen LogP contribution is -2.05. The normalized spacial score (nSPS) is 12.6. The first kappa shape index (κ1) is 13.3. The molecule has 1 aromatic heterocycles. The molecule has 108 valence electrons. The van der Waals surface area contributed by atoms with E-state index >= 15 is 0 Å². The molecule has 0 amide bonds.